The Bertz CT molecular complexity index is 3290. The van der Waals surface area contributed by atoms with Crippen LogP contribution in [0, 0.1) is 0 Å². The molecule has 8 aromatic carbocycles. The van der Waals surface area contributed by atoms with Crippen molar-refractivity contribution in [1.29, 1.82) is 0 Å². The summed E-state index contributed by atoms with van der Waals surface area (Å²) in [5.41, 5.74) is 14.0. The number of aromatic nitrogens is 4. The summed E-state index contributed by atoms with van der Waals surface area (Å²) in [4.78, 5) is 20.4. The van der Waals surface area contributed by atoms with Gasteiger partial charge in [-0.15, -0.1) is 0 Å². The van der Waals surface area contributed by atoms with E-state index in [1.165, 1.54) is 63.7 Å². The number of fused-ring (bicyclic) bond motifs is 8. The van der Waals surface area contributed by atoms with Gasteiger partial charge in [-0.3, -0.25) is 0 Å². The molecule has 1 aliphatic heterocycles. The molecule has 0 atom stereocenters. The summed E-state index contributed by atoms with van der Waals surface area (Å²) < 4.78 is 2.37. The predicted octanol–water partition coefficient (Wildman–Crippen LogP) is 14.6. The molecular formula is C54H36N4S2. The third-order valence-corrected chi connectivity index (χ3v) is 14.6. The van der Waals surface area contributed by atoms with Crippen molar-refractivity contribution >= 4 is 45.3 Å². The van der Waals surface area contributed by atoms with Gasteiger partial charge in [-0.2, -0.15) is 0 Å². The van der Waals surface area contributed by atoms with Gasteiger partial charge < -0.3 is 4.57 Å². The van der Waals surface area contributed by atoms with E-state index in [0.29, 0.717) is 17.5 Å². The highest BCUT2D eigenvalue weighted by Crippen LogP contribution is 2.56. The van der Waals surface area contributed by atoms with Crippen LogP contribution >= 0.6 is 23.5 Å². The standard InChI is InChI=1S/C54H36N4S2/c1-54(2)43-26-24-35(29-40(43)41-31-49-50(32-44(41)54)60-48-23-12-11-22-47(48)59-49)36-25-27-46-42(30-36)39-20-9-10-21-45(39)58(46)38-19-13-18-37(28-38)53-56-51(33-14-5-3-6-15-33)55-52(57-53)34-16-7-4-8-17-34/h3-32H,1-2H3. The molecule has 0 radical (unpaired) electrons. The molecule has 0 amide bonds. The Morgan fingerprint density at radius 2 is 0.933 bits per heavy atom. The summed E-state index contributed by atoms with van der Waals surface area (Å²) in [5.74, 6) is 1.93. The maximum absolute atomic E-state index is 5.04. The monoisotopic (exact) mass is 804 g/mol. The quantitative estimate of drug-likeness (QED) is 0.173. The zero-order chi connectivity index (χ0) is 40.0. The Morgan fingerprint density at radius 3 is 1.65 bits per heavy atom. The SMILES string of the molecule is CC1(C)c2ccc(-c3ccc4c(c3)c3ccccc3n4-c3cccc(-c4nc(-c5ccccc5)nc(-c5ccccc5)n4)c3)cc2-c2cc3c(cc21)Sc1ccccc1S3. The van der Waals surface area contributed by atoms with Crippen LogP contribution in [-0.4, -0.2) is 19.5 Å². The minimum atomic E-state index is -0.0835. The molecule has 1 aliphatic carbocycles. The zero-order valence-electron chi connectivity index (χ0n) is 32.9. The second-order valence-electron chi connectivity index (χ2n) is 16.1. The van der Waals surface area contributed by atoms with Gasteiger partial charge >= 0.3 is 0 Å². The third kappa shape index (κ3) is 5.66. The van der Waals surface area contributed by atoms with Crippen LogP contribution in [-0.2, 0) is 5.41 Å². The van der Waals surface area contributed by atoms with E-state index >= 15 is 0 Å². The molecule has 0 fully saturated rings. The van der Waals surface area contributed by atoms with Crippen molar-refractivity contribution in [2.75, 3.05) is 0 Å². The molecule has 0 saturated carbocycles. The van der Waals surface area contributed by atoms with Gasteiger partial charge in [-0.1, -0.05) is 159 Å². The minimum Gasteiger partial charge on any atom is -0.309 e. The van der Waals surface area contributed by atoms with Crippen molar-refractivity contribution in [2.45, 2.75) is 38.8 Å². The molecule has 0 spiro atoms. The maximum Gasteiger partial charge on any atom is 0.164 e. The van der Waals surface area contributed by atoms with Gasteiger partial charge in [0, 0.05) is 58.1 Å². The van der Waals surface area contributed by atoms with E-state index in [9.17, 15) is 0 Å². The molecular weight excluding hydrogens is 769 g/mol. The highest BCUT2D eigenvalue weighted by molar-refractivity contribution is 8.05. The fraction of sp³-hybridized carbons (Fsp3) is 0.0556. The van der Waals surface area contributed by atoms with E-state index in [4.69, 9.17) is 15.0 Å². The Labute approximate surface area is 357 Å². The smallest absolute Gasteiger partial charge is 0.164 e. The Kier molecular flexibility index (Phi) is 8.03. The van der Waals surface area contributed by atoms with E-state index in [2.05, 4.69) is 140 Å². The second kappa shape index (κ2) is 13.7. The molecule has 6 heteroatoms. The number of hydrogen-bond donors (Lipinski definition) is 0. The van der Waals surface area contributed by atoms with E-state index in [1.807, 2.05) is 84.2 Å². The maximum atomic E-state index is 5.04. The minimum absolute atomic E-state index is 0.0835. The van der Waals surface area contributed by atoms with Crippen LogP contribution in [0.15, 0.2) is 202 Å². The molecule has 0 unspecified atom stereocenters. The van der Waals surface area contributed by atoms with Crippen molar-refractivity contribution in [3.8, 4) is 62.1 Å². The normalized spacial score (nSPS) is 13.5. The highest BCUT2D eigenvalue weighted by atomic mass is 32.2. The molecule has 3 heterocycles. The molecule has 0 N–H and O–H groups in total. The van der Waals surface area contributed by atoms with Gasteiger partial charge in [-0.25, -0.2) is 15.0 Å². The van der Waals surface area contributed by atoms with Crippen LogP contribution in [0.1, 0.15) is 25.0 Å². The van der Waals surface area contributed by atoms with Crippen molar-refractivity contribution in [2.24, 2.45) is 0 Å². The summed E-state index contributed by atoms with van der Waals surface area (Å²) in [7, 11) is 0. The van der Waals surface area contributed by atoms with Gasteiger partial charge in [0.2, 0.25) is 0 Å². The predicted molar refractivity (Wildman–Crippen MR) is 248 cm³/mol. The first-order chi connectivity index (χ1) is 29.5. The lowest BCUT2D eigenvalue weighted by Gasteiger charge is -2.24. The lowest BCUT2D eigenvalue weighted by Crippen LogP contribution is -2.15. The fourth-order valence-corrected chi connectivity index (χ4v) is 11.4. The van der Waals surface area contributed by atoms with Crippen molar-refractivity contribution in [3.05, 3.63) is 193 Å². The zero-order valence-corrected chi connectivity index (χ0v) is 34.6. The van der Waals surface area contributed by atoms with Gasteiger partial charge in [0.05, 0.1) is 11.0 Å². The molecule has 2 aliphatic rings. The summed E-state index contributed by atoms with van der Waals surface area (Å²) in [6, 6.07) is 65.3. The molecule has 284 valence electrons. The number of rotatable bonds is 5. The van der Waals surface area contributed by atoms with Gasteiger partial charge in [0.15, 0.2) is 17.5 Å². The molecule has 60 heavy (non-hydrogen) atoms. The van der Waals surface area contributed by atoms with Gasteiger partial charge in [-0.05, 0) is 94.0 Å². The van der Waals surface area contributed by atoms with E-state index in [0.717, 1.165) is 33.4 Å². The molecule has 12 rings (SSSR count). The second-order valence-corrected chi connectivity index (χ2v) is 18.2. The number of nitrogens with zero attached hydrogens (tertiary/aromatic N) is 4. The Morgan fingerprint density at radius 1 is 0.383 bits per heavy atom. The lowest BCUT2D eigenvalue weighted by molar-refractivity contribution is 0.657. The summed E-state index contributed by atoms with van der Waals surface area (Å²) in [6.07, 6.45) is 0. The summed E-state index contributed by atoms with van der Waals surface area (Å²) in [6.45, 7) is 4.75. The first-order valence-electron chi connectivity index (χ1n) is 20.3. The van der Waals surface area contributed by atoms with Crippen molar-refractivity contribution in [3.63, 3.8) is 0 Å². The molecule has 4 nitrogen and oxygen atoms in total. The summed E-state index contributed by atoms with van der Waals surface area (Å²) in [5, 5.41) is 2.43. The van der Waals surface area contributed by atoms with Crippen molar-refractivity contribution in [1.82, 2.24) is 19.5 Å². The van der Waals surface area contributed by atoms with Crippen LogP contribution in [0.25, 0.3) is 83.9 Å². The number of benzene rings is 8. The topological polar surface area (TPSA) is 43.6 Å². The Hall–Kier alpha value is -6.73. The molecule has 2 aromatic heterocycles. The number of para-hydroxylation sites is 1. The van der Waals surface area contributed by atoms with Crippen LogP contribution in [0.5, 0.6) is 0 Å². The largest absolute Gasteiger partial charge is 0.309 e. The molecule has 0 saturated heterocycles. The van der Waals surface area contributed by atoms with Crippen LogP contribution in [0.3, 0.4) is 0 Å². The third-order valence-electron chi connectivity index (χ3n) is 12.1. The van der Waals surface area contributed by atoms with Crippen LogP contribution in [0.2, 0.25) is 0 Å². The first-order valence-corrected chi connectivity index (χ1v) is 21.9. The van der Waals surface area contributed by atoms with E-state index in [1.54, 1.807) is 0 Å². The van der Waals surface area contributed by atoms with E-state index in [-0.39, 0.29) is 5.41 Å². The highest BCUT2D eigenvalue weighted by Gasteiger charge is 2.37. The van der Waals surface area contributed by atoms with Gasteiger partial charge in [0.1, 0.15) is 0 Å². The first kappa shape index (κ1) is 35.2. The van der Waals surface area contributed by atoms with Crippen LogP contribution < -0.4 is 0 Å². The van der Waals surface area contributed by atoms with E-state index < -0.39 is 0 Å². The molecule has 10 aromatic rings. The van der Waals surface area contributed by atoms with Gasteiger partial charge in [0.25, 0.3) is 0 Å². The molecule has 0 bridgehead atoms. The summed E-state index contributed by atoms with van der Waals surface area (Å²) >= 11 is 3.79. The Balaban J connectivity index is 0.958. The van der Waals surface area contributed by atoms with Crippen LogP contribution in [0.4, 0.5) is 0 Å². The fourth-order valence-electron chi connectivity index (χ4n) is 9.10. The average molecular weight is 805 g/mol. The van der Waals surface area contributed by atoms with Crippen molar-refractivity contribution < 1.29 is 0 Å². The lowest BCUT2D eigenvalue weighted by atomic mass is 9.82. The average Bonchev–Trinajstić information content (AvgIpc) is 3.75. The number of hydrogen-bond acceptors (Lipinski definition) is 5.